The van der Waals surface area contributed by atoms with Crippen LogP contribution in [0.5, 0.6) is 0 Å². The van der Waals surface area contributed by atoms with E-state index >= 15 is 0 Å². The lowest BCUT2D eigenvalue weighted by molar-refractivity contribution is -0.131. The molecule has 1 amide bonds. The predicted molar refractivity (Wildman–Crippen MR) is 133 cm³/mol. The molecule has 168 valence electrons. The van der Waals surface area contributed by atoms with Crippen LogP contribution in [-0.2, 0) is 21.1 Å². The van der Waals surface area contributed by atoms with Gasteiger partial charge >= 0.3 is 0 Å². The van der Waals surface area contributed by atoms with Gasteiger partial charge in [-0.1, -0.05) is 66.7 Å². The topological polar surface area (TPSA) is 54.5 Å². The van der Waals surface area contributed by atoms with E-state index in [1.165, 1.54) is 27.1 Å². The van der Waals surface area contributed by atoms with Crippen molar-refractivity contribution in [3.05, 3.63) is 90.5 Å². The number of likely N-dealkylation sites (tertiary alicyclic amines) is 1. The van der Waals surface area contributed by atoms with Gasteiger partial charge < -0.3 is 4.90 Å². The maximum absolute atomic E-state index is 13.0. The Bertz CT molecular complexity index is 1350. The smallest absolute Gasteiger partial charge is 0.222 e. The first-order valence-corrected chi connectivity index (χ1v) is 13.0. The standard InChI is InChI=1S/C28H27NO3S/c30-28(29-18-16-24(17-19-29)33(31,32)23-10-2-1-3-11-23)15-14-27-25-12-6-4-8-21(25)20-22-9-5-7-13-26(22)27/h1-13,20,24H,14-19H2. The molecule has 5 rings (SSSR count). The Kier molecular flexibility index (Phi) is 5.90. The summed E-state index contributed by atoms with van der Waals surface area (Å²) in [5.41, 5.74) is 1.21. The van der Waals surface area contributed by atoms with Gasteiger partial charge in [0.25, 0.3) is 0 Å². The molecule has 4 nitrogen and oxygen atoms in total. The molecule has 1 saturated heterocycles. The molecule has 0 N–H and O–H groups in total. The second-order valence-electron chi connectivity index (χ2n) is 8.74. The van der Waals surface area contributed by atoms with Gasteiger partial charge in [-0.25, -0.2) is 8.42 Å². The number of sulfone groups is 1. The van der Waals surface area contributed by atoms with Crippen LogP contribution in [0.15, 0.2) is 89.8 Å². The zero-order chi connectivity index (χ0) is 22.8. The number of nitrogens with zero attached hydrogens (tertiary/aromatic N) is 1. The molecular formula is C28H27NO3S. The lowest BCUT2D eigenvalue weighted by Crippen LogP contribution is -2.42. The maximum Gasteiger partial charge on any atom is 0.222 e. The molecular weight excluding hydrogens is 430 g/mol. The maximum atomic E-state index is 13.0. The van der Waals surface area contributed by atoms with Crippen molar-refractivity contribution in [3.63, 3.8) is 0 Å². The van der Waals surface area contributed by atoms with Gasteiger partial charge in [-0.2, -0.15) is 0 Å². The molecule has 0 spiro atoms. The number of piperidine rings is 1. The summed E-state index contributed by atoms with van der Waals surface area (Å²) < 4.78 is 25.8. The van der Waals surface area contributed by atoms with Crippen LogP contribution in [0.1, 0.15) is 24.8 Å². The van der Waals surface area contributed by atoms with Crippen LogP contribution in [0.2, 0.25) is 0 Å². The molecule has 1 fully saturated rings. The summed E-state index contributed by atoms with van der Waals surface area (Å²) in [5.74, 6) is 0.0996. The number of hydrogen-bond acceptors (Lipinski definition) is 3. The second-order valence-corrected chi connectivity index (χ2v) is 11.0. The zero-order valence-corrected chi connectivity index (χ0v) is 19.3. The largest absolute Gasteiger partial charge is 0.343 e. The van der Waals surface area contributed by atoms with Crippen molar-refractivity contribution in [2.45, 2.75) is 35.8 Å². The quantitative estimate of drug-likeness (QED) is 0.378. The van der Waals surface area contributed by atoms with Crippen LogP contribution in [-0.4, -0.2) is 37.6 Å². The molecule has 4 aromatic rings. The van der Waals surface area contributed by atoms with Gasteiger partial charge in [-0.15, -0.1) is 0 Å². The Labute approximate surface area is 194 Å². The summed E-state index contributed by atoms with van der Waals surface area (Å²) in [6.07, 6.45) is 2.07. The fraction of sp³-hybridized carbons (Fsp3) is 0.250. The van der Waals surface area contributed by atoms with Crippen LogP contribution < -0.4 is 0 Å². The Morgan fingerprint density at radius 1 is 0.788 bits per heavy atom. The molecule has 0 aliphatic carbocycles. The number of benzene rings is 4. The lowest BCUT2D eigenvalue weighted by atomic mass is 9.94. The molecule has 0 radical (unpaired) electrons. The van der Waals surface area contributed by atoms with Crippen molar-refractivity contribution in [3.8, 4) is 0 Å². The van der Waals surface area contributed by atoms with Crippen LogP contribution in [0, 0.1) is 0 Å². The minimum absolute atomic E-state index is 0.0996. The number of aryl methyl sites for hydroxylation is 1. The highest BCUT2D eigenvalue weighted by atomic mass is 32.2. The fourth-order valence-electron chi connectivity index (χ4n) is 4.99. The summed E-state index contributed by atoms with van der Waals surface area (Å²) in [6.45, 7) is 0.984. The number of carbonyl (C=O) groups is 1. The fourth-order valence-corrected chi connectivity index (χ4v) is 6.74. The lowest BCUT2D eigenvalue weighted by Gasteiger charge is -2.32. The minimum atomic E-state index is -3.35. The van der Waals surface area contributed by atoms with E-state index in [0.717, 1.165) is 0 Å². The molecule has 0 saturated carbocycles. The van der Waals surface area contributed by atoms with Crippen molar-refractivity contribution in [1.29, 1.82) is 0 Å². The number of rotatable bonds is 5. The number of fused-ring (bicyclic) bond motifs is 2. The van der Waals surface area contributed by atoms with Gasteiger partial charge in [-0.05, 0) is 64.6 Å². The van der Waals surface area contributed by atoms with E-state index in [1.54, 1.807) is 24.3 Å². The third kappa shape index (κ3) is 4.25. The molecule has 1 aliphatic heterocycles. The van der Waals surface area contributed by atoms with Crippen LogP contribution in [0.25, 0.3) is 21.5 Å². The van der Waals surface area contributed by atoms with Gasteiger partial charge in [0.1, 0.15) is 0 Å². The molecule has 0 unspecified atom stereocenters. The number of carbonyl (C=O) groups excluding carboxylic acids is 1. The van der Waals surface area contributed by atoms with Crippen molar-refractivity contribution in [2.24, 2.45) is 0 Å². The summed E-state index contributed by atoms with van der Waals surface area (Å²) in [6, 6.07) is 27.5. The number of amides is 1. The van der Waals surface area contributed by atoms with E-state index in [4.69, 9.17) is 0 Å². The van der Waals surface area contributed by atoms with Crippen LogP contribution >= 0.6 is 0 Å². The normalized spacial score (nSPS) is 15.2. The van der Waals surface area contributed by atoms with Crippen molar-refractivity contribution >= 4 is 37.3 Å². The molecule has 0 aromatic heterocycles. The Hall–Kier alpha value is -3.18. The molecule has 4 aromatic carbocycles. The first kappa shape index (κ1) is 21.7. The minimum Gasteiger partial charge on any atom is -0.343 e. The van der Waals surface area contributed by atoms with Crippen LogP contribution in [0.3, 0.4) is 0 Å². The van der Waals surface area contributed by atoms with E-state index in [1.807, 2.05) is 35.2 Å². The summed E-state index contributed by atoms with van der Waals surface area (Å²) >= 11 is 0. The van der Waals surface area contributed by atoms with Crippen molar-refractivity contribution in [1.82, 2.24) is 4.90 Å². The molecule has 5 heteroatoms. The molecule has 33 heavy (non-hydrogen) atoms. The highest BCUT2D eigenvalue weighted by molar-refractivity contribution is 7.92. The van der Waals surface area contributed by atoms with E-state index in [9.17, 15) is 13.2 Å². The van der Waals surface area contributed by atoms with E-state index in [2.05, 4.69) is 30.3 Å². The van der Waals surface area contributed by atoms with Gasteiger partial charge in [0, 0.05) is 19.5 Å². The van der Waals surface area contributed by atoms with Gasteiger partial charge in [0.05, 0.1) is 10.1 Å². The Balaban J connectivity index is 1.29. The van der Waals surface area contributed by atoms with E-state index in [-0.39, 0.29) is 5.91 Å². The van der Waals surface area contributed by atoms with E-state index in [0.29, 0.717) is 43.7 Å². The van der Waals surface area contributed by atoms with Gasteiger partial charge in [0.2, 0.25) is 5.91 Å². The summed E-state index contributed by atoms with van der Waals surface area (Å²) in [7, 11) is -3.35. The van der Waals surface area contributed by atoms with E-state index < -0.39 is 15.1 Å². The van der Waals surface area contributed by atoms with Gasteiger partial charge in [0.15, 0.2) is 9.84 Å². The molecule has 0 atom stereocenters. The number of hydrogen-bond donors (Lipinski definition) is 0. The highest BCUT2D eigenvalue weighted by Crippen LogP contribution is 2.30. The average Bonchev–Trinajstić information content (AvgIpc) is 2.87. The third-order valence-electron chi connectivity index (χ3n) is 6.78. The molecule has 0 bridgehead atoms. The molecule has 1 aliphatic rings. The zero-order valence-electron chi connectivity index (χ0n) is 18.5. The highest BCUT2D eigenvalue weighted by Gasteiger charge is 2.32. The SMILES string of the molecule is O=C(CCc1c2ccccc2cc2ccccc12)N1CCC(S(=O)(=O)c2ccccc2)CC1. The van der Waals surface area contributed by atoms with Gasteiger partial charge in [-0.3, -0.25) is 4.79 Å². The first-order valence-electron chi connectivity index (χ1n) is 11.5. The Morgan fingerprint density at radius 2 is 1.33 bits per heavy atom. The second kappa shape index (κ2) is 8.99. The first-order chi connectivity index (χ1) is 16.0. The predicted octanol–water partition coefficient (Wildman–Crippen LogP) is 5.39. The molecule has 1 heterocycles. The van der Waals surface area contributed by atoms with Crippen LogP contribution in [0.4, 0.5) is 0 Å². The Morgan fingerprint density at radius 3 is 1.94 bits per heavy atom. The van der Waals surface area contributed by atoms with Crippen molar-refractivity contribution < 1.29 is 13.2 Å². The summed E-state index contributed by atoms with van der Waals surface area (Å²) in [5, 5.41) is 4.33. The van der Waals surface area contributed by atoms with Crippen molar-refractivity contribution in [2.75, 3.05) is 13.1 Å². The summed E-state index contributed by atoms with van der Waals surface area (Å²) in [4.78, 5) is 15.3. The monoisotopic (exact) mass is 457 g/mol. The third-order valence-corrected chi connectivity index (χ3v) is 9.06. The average molecular weight is 458 g/mol.